The van der Waals surface area contributed by atoms with E-state index in [-0.39, 0.29) is 13.2 Å². The lowest BCUT2D eigenvalue weighted by molar-refractivity contribution is 0.173. The minimum atomic E-state index is -0.540. The SMILES string of the molecule is COc1ccc(NC(=O)OC/C=C(\C)CO)cc1. The topological polar surface area (TPSA) is 67.8 Å². The maximum atomic E-state index is 11.4. The number of hydrogen-bond donors (Lipinski definition) is 2. The van der Waals surface area contributed by atoms with E-state index < -0.39 is 6.09 Å². The van der Waals surface area contributed by atoms with E-state index in [1.54, 1.807) is 44.4 Å². The normalized spacial score (nSPS) is 10.9. The molecule has 0 saturated heterocycles. The third kappa shape index (κ3) is 4.88. The zero-order valence-electron chi connectivity index (χ0n) is 10.5. The monoisotopic (exact) mass is 251 g/mol. The smallest absolute Gasteiger partial charge is 0.411 e. The van der Waals surface area contributed by atoms with Crippen molar-refractivity contribution in [3.05, 3.63) is 35.9 Å². The van der Waals surface area contributed by atoms with Gasteiger partial charge in [-0.1, -0.05) is 0 Å². The number of methoxy groups -OCH3 is 1. The predicted octanol–water partition coefficient (Wildman–Crippen LogP) is 2.18. The van der Waals surface area contributed by atoms with Gasteiger partial charge in [-0.15, -0.1) is 0 Å². The lowest BCUT2D eigenvalue weighted by Gasteiger charge is -2.06. The molecule has 0 aromatic heterocycles. The van der Waals surface area contributed by atoms with Gasteiger partial charge in [0.2, 0.25) is 0 Å². The van der Waals surface area contributed by atoms with Crippen LogP contribution in [0.2, 0.25) is 0 Å². The third-order valence-electron chi connectivity index (χ3n) is 2.23. The van der Waals surface area contributed by atoms with Crippen molar-refractivity contribution in [2.75, 3.05) is 25.6 Å². The summed E-state index contributed by atoms with van der Waals surface area (Å²) in [5.74, 6) is 0.718. The van der Waals surface area contributed by atoms with Crippen LogP contribution in [0, 0.1) is 0 Å². The van der Waals surface area contributed by atoms with Gasteiger partial charge >= 0.3 is 6.09 Å². The standard InChI is InChI=1S/C13H17NO4/c1-10(9-15)7-8-18-13(16)14-11-3-5-12(17-2)6-4-11/h3-7,15H,8-9H2,1-2H3,(H,14,16)/b10-7+. The molecular formula is C13H17NO4. The van der Waals surface area contributed by atoms with E-state index in [1.165, 1.54) is 0 Å². The van der Waals surface area contributed by atoms with Crippen LogP contribution in [0.1, 0.15) is 6.92 Å². The maximum absolute atomic E-state index is 11.4. The molecule has 0 bridgehead atoms. The van der Waals surface area contributed by atoms with Crippen molar-refractivity contribution in [1.82, 2.24) is 0 Å². The second-order valence-corrected chi connectivity index (χ2v) is 3.66. The van der Waals surface area contributed by atoms with E-state index >= 15 is 0 Å². The molecule has 0 fully saturated rings. The second-order valence-electron chi connectivity index (χ2n) is 3.66. The van der Waals surface area contributed by atoms with E-state index in [2.05, 4.69) is 5.32 Å². The first-order chi connectivity index (χ1) is 8.65. The summed E-state index contributed by atoms with van der Waals surface area (Å²) in [5, 5.41) is 11.3. The van der Waals surface area contributed by atoms with E-state index in [0.717, 1.165) is 11.3 Å². The van der Waals surface area contributed by atoms with Crippen LogP contribution in [0.25, 0.3) is 0 Å². The first-order valence-electron chi connectivity index (χ1n) is 5.50. The molecule has 0 aliphatic carbocycles. The summed E-state index contributed by atoms with van der Waals surface area (Å²) in [4.78, 5) is 11.4. The Morgan fingerprint density at radius 3 is 2.61 bits per heavy atom. The highest BCUT2D eigenvalue weighted by Gasteiger charge is 2.02. The number of aliphatic hydroxyl groups is 1. The summed E-state index contributed by atoms with van der Waals surface area (Å²) >= 11 is 0. The second kappa shape index (κ2) is 7.34. The number of hydrogen-bond acceptors (Lipinski definition) is 4. The molecule has 5 nitrogen and oxygen atoms in total. The first-order valence-corrected chi connectivity index (χ1v) is 5.50. The summed E-state index contributed by atoms with van der Waals surface area (Å²) < 4.78 is 9.91. The fraction of sp³-hybridized carbons (Fsp3) is 0.308. The van der Waals surface area contributed by atoms with Crippen molar-refractivity contribution >= 4 is 11.8 Å². The van der Waals surface area contributed by atoms with Crippen LogP contribution in [-0.2, 0) is 4.74 Å². The molecule has 0 saturated carbocycles. The van der Waals surface area contributed by atoms with Crippen molar-refractivity contribution in [2.45, 2.75) is 6.92 Å². The van der Waals surface area contributed by atoms with E-state index in [1.807, 2.05) is 0 Å². The molecule has 1 aromatic carbocycles. The van der Waals surface area contributed by atoms with Crippen molar-refractivity contribution < 1.29 is 19.4 Å². The summed E-state index contributed by atoms with van der Waals surface area (Å²) in [7, 11) is 1.58. The molecule has 0 atom stereocenters. The number of amides is 1. The lowest BCUT2D eigenvalue weighted by Crippen LogP contribution is -2.13. The van der Waals surface area contributed by atoms with Gasteiger partial charge in [0, 0.05) is 5.69 Å². The molecule has 1 aromatic rings. The van der Waals surface area contributed by atoms with Crippen molar-refractivity contribution in [2.24, 2.45) is 0 Å². The van der Waals surface area contributed by atoms with Crippen molar-refractivity contribution in [1.29, 1.82) is 0 Å². The Kier molecular flexibility index (Phi) is 5.73. The number of rotatable bonds is 5. The summed E-state index contributed by atoms with van der Waals surface area (Å²) in [6.07, 6.45) is 1.11. The molecular weight excluding hydrogens is 234 g/mol. The number of ether oxygens (including phenoxy) is 2. The Balaban J connectivity index is 2.39. The van der Waals surface area contributed by atoms with Crippen LogP contribution in [0.15, 0.2) is 35.9 Å². The molecule has 5 heteroatoms. The number of aliphatic hydroxyl groups excluding tert-OH is 1. The highest BCUT2D eigenvalue weighted by atomic mass is 16.5. The van der Waals surface area contributed by atoms with Gasteiger partial charge in [-0.25, -0.2) is 4.79 Å². The number of carbonyl (C=O) groups excluding carboxylic acids is 1. The van der Waals surface area contributed by atoms with Crippen LogP contribution in [0.4, 0.5) is 10.5 Å². The van der Waals surface area contributed by atoms with Gasteiger partial charge in [-0.2, -0.15) is 0 Å². The predicted molar refractivity (Wildman–Crippen MR) is 68.8 cm³/mol. The van der Waals surface area contributed by atoms with Crippen LogP contribution in [0.3, 0.4) is 0 Å². The van der Waals surface area contributed by atoms with Crippen LogP contribution < -0.4 is 10.1 Å². The van der Waals surface area contributed by atoms with E-state index in [4.69, 9.17) is 14.6 Å². The van der Waals surface area contributed by atoms with Gasteiger partial charge in [0.05, 0.1) is 13.7 Å². The largest absolute Gasteiger partial charge is 0.497 e. The van der Waals surface area contributed by atoms with Gasteiger partial charge < -0.3 is 14.6 Å². The minimum absolute atomic E-state index is 0.0382. The van der Waals surface area contributed by atoms with Gasteiger partial charge in [-0.3, -0.25) is 5.32 Å². The van der Waals surface area contributed by atoms with Crippen molar-refractivity contribution in [3.8, 4) is 5.75 Å². The molecule has 2 N–H and O–H groups in total. The molecule has 98 valence electrons. The fourth-order valence-corrected chi connectivity index (χ4v) is 1.15. The Morgan fingerprint density at radius 2 is 2.06 bits per heavy atom. The summed E-state index contributed by atoms with van der Waals surface area (Å²) in [5.41, 5.74) is 1.39. The molecule has 1 rings (SSSR count). The first kappa shape index (κ1) is 14.1. The zero-order chi connectivity index (χ0) is 13.4. The van der Waals surface area contributed by atoms with Gasteiger partial charge in [0.1, 0.15) is 12.4 Å². The van der Waals surface area contributed by atoms with Gasteiger partial charge in [0.25, 0.3) is 0 Å². The Bertz CT molecular complexity index is 412. The zero-order valence-corrected chi connectivity index (χ0v) is 10.5. The van der Waals surface area contributed by atoms with Gasteiger partial charge in [0.15, 0.2) is 0 Å². The summed E-state index contributed by atoms with van der Waals surface area (Å²) in [6, 6.07) is 6.92. The highest BCUT2D eigenvalue weighted by Crippen LogP contribution is 2.14. The summed E-state index contributed by atoms with van der Waals surface area (Å²) in [6.45, 7) is 1.85. The molecule has 0 radical (unpaired) electrons. The molecule has 0 aliphatic rings. The van der Waals surface area contributed by atoms with E-state index in [9.17, 15) is 4.79 Å². The Hall–Kier alpha value is -2.01. The molecule has 0 spiro atoms. The molecule has 1 amide bonds. The molecule has 18 heavy (non-hydrogen) atoms. The average Bonchev–Trinajstić information content (AvgIpc) is 2.39. The Labute approximate surface area is 106 Å². The van der Waals surface area contributed by atoms with Crippen LogP contribution >= 0.6 is 0 Å². The highest BCUT2D eigenvalue weighted by molar-refractivity contribution is 5.84. The molecule has 0 heterocycles. The third-order valence-corrected chi connectivity index (χ3v) is 2.23. The molecule has 0 unspecified atom stereocenters. The van der Waals surface area contributed by atoms with Crippen LogP contribution in [0.5, 0.6) is 5.75 Å². The Morgan fingerprint density at radius 1 is 1.39 bits per heavy atom. The van der Waals surface area contributed by atoms with Crippen LogP contribution in [-0.4, -0.2) is 31.5 Å². The van der Waals surface area contributed by atoms with E-state index in [0.29, 0.717) is 5.69 Å². The number of carbonyl (C=O) groups is 1. The van der Waals surface area contributed by atoms with Crippen molar-refractivity contribution in [3.63, 3.8) is 0 Å². The lowest BCUT2D eigenvalue weighted by atomic mass is 10.3. The average molecular weight is 251 g/mol. The molecule has 0 aliphatic heterocycles. The quantitative estimate of drug-likeness (QED) is 0.787. The number of benzene rings is 1. The maximum Gasteiger partial charge on any atom is 0.411 e. The fourth-order valence-electron chi connectivity index (χ4n) is 1.15. The number of anilines is 1. The van der Waals surface area contributed by atoms with Gasteiger partial charge in [-0.05, 0) is 42.8 Å². The number of nitrogens with one attached hydrogen (secondary N) is 1. The minimum Gasteiger partial charge on any atom is -0.497 e.